The molecule has 1 aliphatic rings. The molecule has 1 rings (SSSR count). The van der Waals surface area contributed by atoms with Gasteiger partial charge in [-0.15, -0.1) is 12.4 Å². The van der Waals surface area contributed by atoms with Gasteiger partial charge in [-0.3, -0.25) is 5.32 Å². The molecule has 0 aromatic carbocycles. The molecule has 0 radical (unpaired) electrons. The van der Waals surface area contributed by atoms with E-state index >= 15 is 0 Å². The summed E-state index contributed by atoms with van der Waals surface area (Å²) in [6, 6.07) is 0. The van der Waals surface area contributed by atoms with E-state index < -0.39 is 0 Å². The van der Waals surface area contributed by atoms with Crippen molar-refractivity contribution in [1.82, 2.24) is 5.32 Å². The third kappa shape index (κ3) is 2.50. The van der Waals surface area contributed by atoms with E-state index in [1.54, 1.807) is 0 Å². The quantitative estimate of drug-likeness (QED) is 0.510. The minimum atomic E-state index is -0.214. The molecule has 1 aliphatic heterocycles. The van der Waals surface area contributed by atoms with Gasteiger partial charge in [-0.1, -0.05) is 0 Å². The van der Waals surface area contributed by atoms with Crippen molar-refractivity contribution in [3.8, 4) is 0 Å². The van der Waals surface area contributed by atoms with Crippen LogP contribution < -0.4 is 5.32 Å². The molecule has 1 heterocycles. The van der Waals surface area contributed by atoms with Gasteiger partial charge < -0.3 is 5.11 Å². The average molecular weight is 138 g/mol. The Morgan fingerprint density at radius 2 is 2.12 bits per heavy atom. The van der Waals surface area contributed by atoms with Crippen LogP contribution in [0.25, 0.3) is 0 Å². The molecule has 0 spiro atoms. The minimum Gasteiger partial charge on any atom is -0.379 e. The van der Waals surface area contributed by atoms with Gasteiger partial charge in [0.15, 0.2) is 0 Å². The molecule has 0 unspecified atom stereocenters. The molecule has 2 nitrogen and oxygen atoms in total. The molecule has 3 heteroatoms. The second-order valence-electron chi connectivity index (χ2n) is 1.97. The summed E-state index contributed by atoms with van der Waals surface area (Å²) in [5.41, 5.74) is 0. The smallest absolute Gasteiger partial charge is 0.104 e. The Morgan fingerprint density at radius 1 is 1.38 bits per heavy atom. The van der Waals surface area contributed by atoms with E-state index in [4.69, 9.17) is 5.11 Å². The number of hydrogen-bond donors (Lipinski definition) is 2. The Kier molecular flexibility index (Phi) is 4.23. The lowest BCUT2D eigenvalue weighted by Crippen LogP contribution is -2.33. The van der Waals surface area contributed by atoms with E-state index in [2.05, 4.69) is 5.32 Å². The maximum atomic E-state index is 8.80. The van der Waals surface area contributed by atoms with Crippen molar-refractivity contribution >= 4 is 12.4 Å². The summed E-state index contributed by atoms with van der Waals surface area (Å²) in [6.07, 6.45) is 3.11. The van der Waals surface area contributed by atoms with Crippen molar-refractivity contribution in [3.05, 3.63) is 0 Å². The van der Waals surface area contributed by atoms with Crippen molar-refractivity contribution in [1.29, 1.82) is 0 Å². The van der Waals surface area contributed by atoms with E-state index in [1.807, 2.05) is 0 Å². The standard InChI is InChI=1S/C5H11NO.ClH/c7-5-3-1-2-4-6-5;/h5-7H,1-4H2;1H/t5-;/m0./s1. The second-order valence-corrected chi connectivity index (χ2v) is 1.97. The Balaban J connectivity index is 0.000000490. The zero-order chi connectivity index (χ0) is 5.11. The Bertz CT molecular complexity index is 54.4. The molecule has 50 valence electrons. The van der Waals surface area contributed by atoms with Crippen molar-refractivity contribution in [2.75, 3.05) is 6.54 Å². The van der Waals surface area contributed by atoms with Gasteiger partial charge in [-0.05, 0) is 25.8 Å². The van der Waals surface area contributed by atoms with Crippen LogP contribution >= 0.6 is 12.4 Å². The largest absolute Gasteiger partial charge is 0.379 e. The molecule has 1 saturated heterocycles. The molecule has 2 N–H and O–H groups in total. The van der Waals surface area contributed by atoms with Crippen LogP contribution in [-0.2, 0) is 0 Å². The Morgan fingerprint density at radius 3 is 2.38 bits per heavy atom. The van der Waals surface area contributed by atoms with Crippen LogP contribution in [0, 0.1) is 0 Å². The highest BCUT2D eigenvalue weighted by molar-refractivity contribution is 5.85. The molecule has 0 aromatic rings. The third-order valence-electron chi connectivity index (χ3n) is 1.28. The van der Waals surface area contributed by atoms with Gasteiger partial charge in [0.05, 0.1) is 0 Å². The summed E-state index contributed by atoms with van der Waals surface area (Å²) in [5, 5.41) is 11.7. The SMILES string of the molecule is Cl.O[C@H]1CCCCN1. The van der Waals surface area contributed by atoms with Crippen molar-refractivity contribution in [2.24, 2.45) is 0 Å². The highest BCUT2D eigenvalue weighted by Crippen LogP contribution is 2.02. The number of hydrogen-bond acceptors (Lipinski definition) is 2. The average Bonchev–Trinajstić information content (AvgIpc) is 1.69. The fourth-order valence-electron chi connectivity index (χ4n) is 0.833. The molecule has 0 bridgehead atoms. The lowest BCUT2D eigenvalue weighted by Gasteiger charge is -2.17. The molecule has 0 aliphatic carbocycles. The molecule has 0 aromatic heterocycles. The lowest BCUT2D eigenvalue weighted by atomic mass is 10.1. The number of aliphatic hydroxyl groups excluding tert-OH is 1. The highest BCUT2D eigenvalue weighted by Gasteiger charge is 2.06. The van der Waals surface area contributed by atoms with Crippen LogP contribution in [0.3, 0.4) is 0 Å². The number of piperidine rings is 1. The summed E-state index contributed by atoms with van der Waals surface area (Å²) in [4.78, 5) is 0. The zero-order valence-electron chi connectivity index (χ0n) is 4.76. The second kappa shape index (κ2) is 4.13. The van der Waals surface area contributed by atoms with Gasteiger partial charge in [0.2, 0.25) is 0 Å². The minimum absolute atomic E-state index is 0. The van der Waals surface area contributed by atoms with Crippen LogP contribution in [0.4, 0.5) is 0 Å². The lowest BCUT2D eigenvalue weighted by molar-refractivity contribution is 0.108. The number of nitrogens with one attached hydrogen (secondary N) is 1. The first-order valence-electron chi connectivity index (χ1n) is 2.81. The van der Waals surface area contributed by atoms with E-state index in [-0.39, 0.29) is 18.6 Å². The fourth-order valence-corrected chi connectivity index (χ4v) is 0.833. The maximum absolute atomic E-state index is 8.80. The first-order chi connectivity index (χ1) is 3.39. The maximum Gasteiger partial charge on any atom is 0.104 e. The predicted molar refractivity (Wildman–Crippen MR) is 35.1 cm³/mol. The van der Waals surface area contributed by atoms with Gasteiger partial charge in [-0.2, -0.15) is 0 Å². The van der Waals surface area contributed by atoms with Crippen LogP contribution in [0.2, 0.25) is 0 Å². The van der Waals surface area contributed by atoms with Crippen LogP contribution in [0.15, 0.2) is 0 Å². The highest BCUT2D eigenvalue weighted by atomic mass is 35.5. The van der Waals surface area contributed by atoms with Gasteiger partial charge in [0.1, 0.15) is 6.23 Å². The molecule has 8 heavy (non-hydrogen) atoms. The summed E-state index contributed by atoms with van der Waals surface area (Å²) in [6.45, 7) is 0.987. The monoisotopic (exact) mass is 137 g/mol. The summed E-state index contributed by atoms with van der Waals surface area (Å²) in [5.74, 6) is 0. The predicted octanol–water partition coefficient (Wildman–Crippen LogP) is 0.500. The van der Waals surface area contributed by atoms with E-state index in [0.717, 1.165) is 13.0 Å². The number of halogens is 1. The Labute approximate surface area is 55.7 Å². The van der Waals surface area contributed by atoms with Crippen LogP contribution in [0.5, 0.6) is 0 Å². The van der Waals surface area contributed by atoms with Crippen molar-refractivity contribution in [2.45, 2.75) is 25.5 Å². The fraction of sp³-hybridized carbons (Fsp3) is 1.00. The van der Waals surface area contributed by atoms with Crippen molar-refractivity contribution < 1.29 is 5.11 Å². The third-order valence-corrected chi connectivity index (χ3v) is 1.28. The first-order valence-corrected chi connectivity index (χ1v) is 2.81. The van der Waals surface area contributed by atoms with Gasteiger partial charge in [0, 0.05) is 0 Å². The molecular formula is C5H12ClNO. The Hall–Kier alpha value is 0.210. The van der Waals surface area contributed by atoms with Crippen LogP contribution in [-0.4, -0.2) is 17.9 Å². The summed E-state index contributed by atoms with van der Waals surface area (Å²) in [7, 11) is 0. The summed E-state index contributed by atoms with van der Waals surface area (Å²) >= 11 is 0. The molecular weight excluding hydrogens is 126 g/mol. The number of rotatable bonds is 0. The van der Waals surface area contributed by atoms with E-state index in [0.29, 0.717) is 0 Å². The topological polar surface area (TPSA) is 32.3 Å². The normalized spacial score (nSPS) is 28.9. The van der Waals surface area contributed by atoms with Crippen LogP contribution in [0.1, 0.15) is 19.3 Å². The van der Waals surface area contributed by atoms with Gasteiger partial charge in [0.25, 0.3) is 0 Å². The zero-order valence-corrected chi connectivity index (χ0v) is 5.58. The number of aliphatic hydroxyl groups is 1. The van der Waals surface area contributed by atoms with Gasteiger partial charge >= 0.3 is 0 Å². The summed E-state index contributed by atoms with van der Waals surface area (Å²) < 4.78 is 0. The van der Waals surface area contributed by atoms with E-state index in [9.17, 15) is 0 Å². The molecule has 1 fully saturated rings. The molecule has 0 saturated carbocycles. The van der Waals surface area contributed by atoms with Crippen molar-refractivity contribution in [3.63, 3.8) is 0 Å². The van der Waals surface area contributed by atoms with Gasteiger partial charge in [-0.25, -0.2) is 0 Å². The molecule has 0 amide bonds. The first kappa shape index (κ1) is 8.21. The molecule has 1 atom stereocenters. The van der Waals surface area contributed by atoms with E-state index in [1.165, 1.54) is 12.8 Å².